The molecule has 4 nitrogen and oxygen atoms in total. The number of benzene rings is 1. The first kappa shape index (κ1) is 17.0. The molecular weight excluding hydrogens is 320 g/mol. The van der Waals surface area contributed by atoms with Crippen LogP contribution in [-0.4, -0.2) is 19.7 Å². The van der Waals surface area contributed by atoms with Crippen LogP contribution in [0.4, 0.5) is 0 Å². The minimum absolute atomic E-state index is 0.700. The Hall–Kier alpha value is -2.49. The maximum Gasteiger partial charge on any atom is 0.183 e. The molecule has 0 radical (unpaired) electrons. The lowest BCUT2D eigenvalue weighted by atomic mass is 9.96. The molecule has 0 spiro atoms. The molecule has 1 aliphatic carbocycles. The molecule has 0 N–H and O–H groups in total. The van der Waals surface area contributed by atoms with E-state index >= 15 is 0 Å². The highest BCUT2D eigenvalue weighted by Crippen LogP contribution is 2.40. The van der Waals surface area contributed by atoms with Gasteiger partial charge in [-0.05, 0) is 73.9 Å². The zero-order valence-corrected chi connectivity index (χ0v) is 15.8. The van der Waals surface area contributed by atoms with Gasteiger partial charge in [-0.25, -0.2) is 9.67 Å². The third-order valence-electron chi connectivity index (χ3n) is 5.59. The van der Waals surface area contributed by atoms with Crippen LogP contribution in [0.25, 0.3) is 17.1 Å². The summed E-state index contributed by atoms with van der Waals surface area (Å²) in [6.45, 7) is 6.58. The normalized spacial score (nSPS) is 15.2. The Morgan fingerprint density at radius 1 is 1.15 bits per heavy atom. The van der Waals surface area contributed by atoms with Gasteiger partial charge in [-0.15, -0.1) is 5.10 Å². The number of hydrogen-bond acceptors (Lipinski definition) is 3. The van der Waals surface area contributed by atoms with Crippen molar-refractivity contribution in [1.29, 1.82) is 0 Å². The van der Waals surface area contributed by atoms with E-state index in [4.69, 9.17) is 10.1 Å². The fraction of sp³-hybridized carbons (Fsp3) is 0.409. The Morgan fingerprint density at radius 2 is 2.00 bits per heavy atom. The van der Waals surface area contributed by atoms with Crippen molar-refractivity contribution in [3.8, 4) is 17.1 Å². The van der Waals surface area contributed by atoms with E-state index in [0.717, 1.165) is 35.2 Å². The van der Waals surface area contributed by atoms with Crippen LogP contribution in [0.15, 0.2) is 42.7 Å². The van der Waals surface area contributed by atoms with E-state index in [-0.39, 0.29) is 0 Å². The van der Waals surface area contributed by atoms with Gasteiger partial charge >= 0.3 is 0 Å². The number of pyridine rings is 1. The molecule has 0 bridgehead atoms. The van der Waals surface area contributed by atoms with Gasteiger partial charge in [0.05, 0.1) is 5.69 Å². The number of aryl methyl sites for hydroxylation is 2. The molecule has 0 amide bonds. The number of nitrogens with zero attached hydrogens (tertiary/aromatic N) is 4. The third-order valence-corrected chi connectivity index (χ3v) is 5.59. The van der Waals surface area contributed by atoms with Gasteiger partial charge < -0.3 is 0 Å². The second-order valence-electron chi connectivity index (χ2n) is 7.48. The van der Waals surface area contributed by atoms with Crippen LogP contribution in [0, 0.1) is 25.7 Å². The lowest BCUT2D eigenvalue weighted by Crippen LogP contribution is -2.11. The SMILES string of the molecule is CCC(Cc1nc(-c2cccnc2)nn1-c1ccc(C)c(C)c1)C1CC1. The van der Waals surface area contributed by atoms with Crippen molar-refractivity contribution in [2.24, 2.45) is 11.8 Å². The third kappa shape index (κ3) is 3.41. The Kier molecular flexibility index (Phi) is 4.58. The van der Waals surface area contributed by atoms with Crippen LogP contribution in [0.1, 0.15) is 43.1 Å². The van der Waals surface area contributed by atoms with Crippen molar-refractivity contribution in [3.05, 3.63) is 59.7 Å². The van der Waals surface area contributed by atoms with Crippen LogP contribution < -0.4 is 0 Å². The summed E-state index contributed by atoms with van der Waals surface area (Å²) >= 11 is 0. The van der Waals surface area contributed by atoms with E-state index in [1.54, 1.807) is 6.20 Å². The predicted octanol–water partition coefficient (Wildman–Crippen LogP) is 4.92. The average Bonchev–Trinajstić information content (AvgIpc) is 3.42. The standard InChI is InChI=1S/C22H26N4/c1-4-17(18-8-9-18)13-21-24-22(19-6-5-11-23-14-19)25-26(21)20-10-7-15(2)16(3)12-20/h5-7,10-12,14,17-18H,4,8-9,13H2,1-3H3. The first-order valence-corrected chi connectivity index (χ1v) is 9.59. The number of rotatable bonds is 6. The first-order chi connectivity index (χ1) is 12.7. The van der Waals surface area contributed by atoms with Crippen molar-refractivity contribution < 1.29 is 0 Å². The summed E-state index contributed by atoms with van der Waals surface area (Å²) in [5, 5.41) is 4.85. The molecule has 1 atom stereocenters. The van der Waals surface area contributed by atoms with Gasteiger partial charge in [0, 0.05) is 24.4 Å². The van der Waals surface area contributed by atoms with E-state index in [2.05, 4.69) is 44.0 Å². The lowest BCUT2D eigenvalue weighted by Gasteiger charge is -2.14. The summed E-state index contributed by atoms with van der Waals surface area (Å²) in [5.41, 5.74) is 4.64. The largest absolute Gasteiger partial charge is 0.264 e. The summed E-state index contributed by atoms with van der Waals surface area (Å²) in [7, 11) is 0. The molecule has 2 heterocycles. The van der Waals surface area contributed by atoms with Crippen LogP contribution in [0.2, 0.25) is 0 Å². The number of aromatic nitrogens is 4. The highest BCUT2D eigenvalue weighted by molar-refractivity contribution is 5.53. The fourth-order valence-electron chi connectivity index (χ4n) is 3.60. The van der Waals surface area contributed by atoms with Crippen molar-refractivity contribution in [2.75, 3.05) is 0 Å². The predicted molar refractivity (Wildman–Crippen MR) is 104 cm³/mol. The molecule has 0 saturated heterocycles. The Balaban J connectivity index is 1.76. The smallest absolute Gasteiger partial charge is 0.183 e. The minimum Gasteiger partial charge on any atom is -0.264 e. The number of hydrogen-bond donors (Lipinski definition) is 0. The Morgan fingerprint density at radius 3 is 2.65 bits per heavy atom. The van der Waals surface area contributed by atoms with Gasteiger partial charge in [0.25, 0.3) is 0 Å². The van der Waals surface area contributed by atoms with Gasteiger partial charge in [-0.1, -0.05) is 19.4 Å². The molecule has 0 aliphatic heterocycles. The highest BCUT2D eigenvalue weighted by Gasteiger charge is 2.31. The Bertz CT molecular complexity index is 894. The van der Waals surface area contributed by atoms with Crippen molar-refractivity contribution in [1.82, 2.24) is 19.7 Å². The maximum atomic E-state index is 4.92. The molecule has 1 saturated carbocycles. The quantitative estimate of drug-likeness (QED) is 0.636. The second kappa shape index (κ2) is 7.02. The zero-order chi connectivity index (χ0) is 18.1. The zero-order valence-electron chi connectivity index (χ0n) is 15.8. The molecule has 134 valence electrons. The minimum atomic E-state index is 0.700. The Labute approximate surface area is 155 Å². The second-order valence-corrected chi connectivity index (χ2v) is 7.48. The van der Waals surface area contributed by atoms with Crippen LogP contribution in [-0.2, 0) is 6.42 Å². The summed E-state index contributed by atoms with van der Waals surface area (Å²) < 4.78 is 2.04. The van der Waals surface area contributed by atoms with Crippen LogP contribution >= 0.6 is 0 Å². The van der Waals surface area contributed by atoms with Crippen molar-refractivity contribution in [3.63, 3.8) is 0 Å². The summed E-state index contributed by atoms with van der Waals surface area (Å²) in [5.74, 6) is 3.39. The van der Waals surface area contributed by atoms with Gasteiger partial charge in [-0.2, -0.15) is 0 Å². The summed E-state index contributed by atoms with van der Waals surface area (Å²) in [6, 6.07) is 10.5. The van der Waals surface area contributed by atoms with Gasteiger partial charge in [0.1, 0.15) is 5.82 Å². The first-order valence-electron chi connectivity index (χ1n) is 9.59. The van der Waals surface area contributed by atoms with E-state index in [1.165, 1.54) is 30.4 Å². The highest BCUT2D eigenvalue weighted by atomic mass is 15.4. The van der Waals surface area contributed by atoms with E-state index < -0.39 is 0 Å². The monoisotopic (exact) mass is 346 g/mol. The van der Waals surface area contributed by atoms with Gasteiger partial charge in [0.2, 0.25) is 0 Å². The van der Waals surface area contributed by atoms with Crippen molar-refractivity contribution in [2.45, 2.75) is 46.5 Å². The average molecular weight is 346 g/mol. The molecule has 1 aliphatic rings. The summed E-state index contributed by atoms with van der Waals surface area (Å²) in [6.07, 6.45) is 8.54. The van der Waals surface area contributed by atoms with E-state index in [1.807, 2.05) is 23.0 Å². The fourth-order valence-corrected chi connectivity index (χ4v) is 3.60. The van der Waals surface area contributed by atoms with E-state index in [9.17, 15) is 0 Å². The lowest BCUT2D eigenvalue weighted by molar-refractivity contribution is 0.431. The van der Waals surface area contributed by atoms with E-state index in [0.29, 0.717) is 5.92 Å². The molecular formula is C22H26N4. The summed E-state index contributed by atoms with van der Waals surface area (Å²) in [4.78, 5) is 9.14. The molecule has 3 aromatic rings. The molecule has 26 heavy (non-hydrogen) atoms. The van der Waals surface area contributed by atoms with Gasteiger partial charge in [0.15, 0.2) is 5.82 Å². The molecule has 1 aromatic carbocycles. The topological polar surface area (TPSA) is 43.6 Å². The van der Waals surface area contributed by atoms with Crippen LogP contribution in [0.5, 0.6) is 0 Å². The molecule has 1 unspecified atom stereocenters. The van der Waals surface area contributed by atoms with Gasteiger partial charge in [-0.3, -0.25) is 4.98 Å². The molecule has 4 rings (SSSR count). The van der Waals surface area contributed by atoms with Crippen LogP contribution in [0.3, 0.4) is 0 Å². The molecule has 4 heteroatoms. The molecule has 2 aromatic heterocycles. The van der Waals surface area contributed by atoms with Crippen molar-refractivity contribution >= 4 is 0 Å². The maximum absolute atomic E-state index is 4.92. The molecule has 1 fully saturated rings.